The van der Waals surface area contributed by atoms with E-state index in [0.717, 1.165) is 11.1 Å². The van der Waals surface area contributed by atoms with Crippen molar-refractivity contribution in [2.45, 2.75) is 62.2 Å². The van der Waals surface area contributed by atoms with Crippen LogP contribution in [0.5, 0.6) is 0 Å². The van der Waals surface area contributed by atoms with E-state index >= 15 is 0 Å². The molecule has 2 fully saturated rings. The highest BCUT2D eigenvalue weighted by Crippen LogP contribution is 2.47. The highest BCUT2D eigenvalue weighted by molar-refractivity contribution is 6.35. The number of imidazole rings is 1. The van der Waals surface area contributed by atoms with Crippen molar-refractivity contribution in [3.63, 3.8) is 0 Å². The Kier molecular flexibility index (Phi) is 8.90. The zero-order valence-electron chi connectivity index (χ0n) is 29.5. The Morgan fingerprint density at radius 1 is 0.855 bits per heavy atom. The quantitative estimate of drug-likeness (QED) is 0.158. The summed E-state index contributed by atoms with van der Waals surface area (Å²) in [7, 11) is 0. The van der Waals surface area contributed by atoms with Crippen molar-refractivity contribution < 1.29 is 19.2 Å². The molecule has 0 saturated heterocycles. The molecule has 8 rings (SSSR count). The van der Waals surface area contributed by atoms with Crippen molar-refractivity contribution in [1.82, 2.24) is 35.5 Å². The average molecular weight is 775 g/mol. The van der Waals surface area contributed by atoms with E-state index < -0.39 is 22.5 Å². The topological polar surface area (TPSA) is 175 Å². The number of pyridine rings is 2. The van der Waals surface area contributed by atoms with Gasteiger partial charge in [-0.2, -0.15) is 5.26 Å². The summed E-state index contributed by atoms with van der Waals surface area (Å²) in [5.41, 5.74) is 0.406. The molecule has 2 aromatic carbocycles. The van der Waals surface area contributed by atoms with E-state index in [0.29, 0.717) is 64.8 Å². The van der Waals surface area contributed by atoms with Crippen molar-refractivity contribution in [3.8, 4) is 6.07 Å². The van der Waals surface area contributed by atoms with Crippen LogP contribution in [0.1, 0.15) is 75.8 Å². The normalized spacial score (nSPS) is 18.5. The molecule has 0 radical (unpaired) electrons. The largest absolute Gasteiger partial charge is 0.348 e. The second-order valence-electron chi connectivity index (χ2n) is 14.3. The van der Waals surface area contributed by atoms with Crippen LogP contribution in [0, 0.1) is 11.3 Å². The lowest BCUT2D eigenvalue weighted by atomic mass is 9.91. The van der Waals surface area contributed by atoms with E-state index in [1.54, 1.807) is 78.5 Å². The first kappa shape index (κ1) is 35.9. The van der Waals surface area contributed by atoms with Crippen LogP contribution in [-0.4, -0.2) is 48.7 Å². The Morgan fingerprint density at radius 3 is 2.18 bits per heavy atom. The van der Waals surface area contributed by atoms with Crippen LogP contribution in [0.15, 0.2) is 91.5 Å². The summed E-state index contributed by atoms with van der Waals surface area (Å²) in [5, 5.41) is 18.9. The molecule has 4 heterocycles. The number of carbonyl (C=O) groups excluding carboxylic acids is 4. The first-order valence-electron chi connectivity index (χ1n) is 17.6. The number of benzene rings is 2. The molecule has 3 N–H and O–H groups in total. The Bertz CT molecular complexity index is 2380. The molecule has 13 nitrogen and oxygen atoms in total. The molecule has 55 heavy (non-hydrogen) atoms. The van der Waals surface area contributed by atoms with E-state index in [9.17, 15) is 24.4 Å². The second-order valence-corrected chi connectivity index (χ2v) is 15.2. The SMILES string of the molecule is C[C@@]1(Cc2ccc(C#N)cc2)C(=O)N(c2cc(Cl)cc(Cl)c2)c2ncc(C(=O)NC3(C(=O)NC4(c5ccc(C(=O)NCc6ccncc6)cn5)CC4)CC3)n21. The van der Waals surface area contributed by atoms with Gasteiger partial charge in [0.2, 0.25) is 11.9 Å². The molecule has 4 amide bonds. The van der Waals surface area contributed by atoms with Gasteiger partial charge in [0.25, 0.3) is 17.7 Å². The summed E-state index contributed by atoms with van der Waals surface area (Å²) >= 11 is 12.7. The molecule has 5 aromatic rings. The smallest absolute Gasteiger partial charge is 0.270 e. The third kappa shape index (κ3) is 6.68. The van der Waals surface area contributed by atoms with Crippen LogP contribution in [-0.2, 0) is 33.6 Å². The number of rotatable bonds is 11. The van der Waals surface area contributed by atoms with Gasteiger partial charge in [-0.1, -0.05) is 35.3 Å². The van der Waals surface area contributed by atoms with Gasteiger partial charge in [-0.15, -0.1) is 0 Å². The number of amides is 4. The first-order valence-corrected chi connectivity index (χ1v) is 18.4. The van der Waals surface area contributed by atoms with Crippen molar-refractivity contribution >= 4 is 58.5 Å². The van der Waals surface area contributed by atoms with Crippen LogP contribution in [0.25, 0.3) is 0 Å². The molecule has 0 bridgehead atoms. The number of hydrogen-bond acceptors (Lipinski definition) is 8. The standard InChI is InChI=1S/C40H33Cl2N9O4/c1-38(19-24-2-4-25(20-43)5-3-24)36(55)50(30-17-28(41)16-29(42)18-30)37-47-23-31(51(37)38)34(53)48-40(12-13-40)35(54)49-39(10-11-39)32-7-6-27(22-45-32)33(52)46-21-26-8-14-44-15-9-26/h2-9,14-18,22-23H,10-13,19,21H2,1H3,(H,46,52)(H,48,53)(H,49,54)/t38-/m1/s1. The zero-order chi connectivity index (χ0) is 38.5. The van der Waals surface area contributed by atoms with Crippen molar-refractivity contribution in [1.29, 1.82) is 5.26 Å². The Balaban J connectivity index is 1.01. The molecule has 0 spiro atoms. The predicted molar refractivity (Wildman–Crippen MR) is 202 cm³/mol. The van der Waals surface area contributed by atoms with Gasteiger partial charge in [-0.3, -0.25) is 33.7 Å². The van der Waals surface area contributed by atoms with E-state index in [1.165, 1.54) is 17.3 Å². The fourth-order valence-corrected chi connectivity index (χ4v) is 7.56. The van der Waals surface area contributed by atoms with Crippen LogP contribution >= 0.6 is 23.2 Å². The van der Waals surface area contributed by atoms with Gasteiger partial charge in [0.1, 0.15) is 16.8 Å². The van der Waals surface area contributed by atoms with Gasteiger partial charge in [-0.05, 0) is 98.3 Å². The number of fused-ring (bicyclic) bond motifs is 1. The Morgan fingerprint density at radius 2 is 1.56 bits per heavy atom. The molecule has 1 aliphatic heterocycles. The van der Waals surface area contributed by atoms with Crippen molar-refractivity contribution in [2.24, 2.45) is 0 Å². The second kappa shape index (κ2) is 13.6. The zero-order valence-corrected chi connectivity index (χ0v) is 31.0. The molecule has 3 aromatic heterocycles. The summed E-state index contributed by atoms with van der Waals surface area (Å²) in [6, 6.07) is 20.8. The summed E-state index contributed by atoms with van der Waals surface area (Å²) in [4.78, 5) is 69.7. The maximum absolute atomic E-state index is 14.4. The van der Waals surface area contributed by atoms with E-state index in [1.807, 2.05) is 12.1 Å². The Hall–Kier alpha value is -6.10. The molecule has 2 aliphatic carbocycles. The number of anilines is 2. The lowest BCUT2D eigenvalue weighted by Gasteiger charge is -2.27. The number of aromatic nitrogens is 4. The van der Waals surface area contributed by atoms with E-state index in [-0.39, 0.29) is 35.8 Å². The first-order chi connectivity index (χ1) is 26.4. The fraction of sp³-hybridized carbons (Fsp3) is 0.250. The maximum Gasteiger partial charge on any atom is 0.270 e. The van der Waals surface area contributed by atoms with Crippen LogP contribution < -0.4 is 20.9 Å². The fourth-order valence-electron chi connectivity index (χ4n) is 7.04. The van der Waals surface area contributed by atoms with E-state index in [4.69, 9.17) is 23.2 Å². The van der Waals surface area contributed by atoms with Gasteiger partial charge >= 0.3 is 0 Å². The van der Waals surface area contributed by atoms with Gasteiger partial charge in [0, 0.05) is 41.6 Å². The van der Waals surface area contributed by atoms with Gasteiger partial charge in [0.15, 0.2) is 0 Å². The summed E-state index contributed by atoms with van der Waals surface area (Å²) in [6.07, 6.45) is 8.51. The van der Waals surface area contributed by atoms with E-state index in [2.05, 4.69) is 37.0 Å². The summed E-state index contributed by atoms with van der Waals surface area (Å²) in [5.74, 6) is -1.36. The van der Waals surface area contributed by atoms with Gasteiger partial charge < -0.3 is 16.0 Å². The highest BCUT2D eigenvalue weighted by Gasteiger charge is 2.57. The van der Waals surface area contributed by atoms with Crippen molar-refractivity contribution in [2.75, 3.05) is 4.90 Å². The molecule has 2 saturated carbocycles. The van der Waals surface area contributed by atoms with Crippen LogP contribution in [0.3, 0.4) is 0 Å². The molecule has 3 aliphatic rings. The number of carbonyl (C=O) groups is 4. The molecular formula is C40H33Cl2N9O4. The summed E-state index contributed by atoms with van der Waals surface area (Å²) < 4.78 is 1.59. The lowest BCUT2D eigenvalue weighted by Crippen LogP contribution is -2.52. The average Bonchev–Trinajstić information content (AvgIpc) is 4.09. The monoisotopic (exact) mass is 773 g/mol. The number of halogens is 2. The predicted octanol–water partition coefficient (Wildman–Crippen LogP) is 5.49. The maximum atomic E-state index is 14.4. The number of nitriles is 1. The molecular weight excluding hydrogens is 741 g/mol. The number of hydrogen-bond donors (Lipinski definition) is 3. The molecule has 15 heteroatoms. The molecule has 0 unspecified atom stereocenters. The van der Waals surface area contributed by atoms with Crippen LogP contribution in [0.2, 0.25) is 10.0 Å². The molecule has 276 valence electrons. The van der Waals surface area contributed by atoms with Gasteiger partial charge in [-0.25, -0.2) is 9.88 Å². The minimum absolute atomic E-state index is 0.0924. The highest BCUT2D eigenvalue weighted by atomic mass is 35.5. The van der Waals surface area contributed by atoms with Gasteiger partial charge in [0.05, 0.1) is 40.3 Å². The minimum atomic E-state index is -1.34. The third-order valence-corrected chi connectivity index (χ3v) is 10.9. The third-order valence-electron chi connectivity index (χ3n) is 10.4. The van der Waals surface area contributed by atoms with Crippen LogP contribution in [0.4, 0.5) is 11.6 Å². The van der Waals surface area contributed by atoms with Crippen molar-refractivity contribution in [3.05, 3.63) is 135 Å². The number of nitrogens with one attached hydrogen (secondary N) is 3. The minimum Gasteiger partial charge on any atom is -0.348 e. The molecule has 1 atom stereocenters. The summed E-state index contributed by atoms with van der Waals surface area (Å²) in [6.45, 7) is 2.07. The Labute approximate surface area is 325 Å². The lowest BCUT2D eigenvalue weighted by molar-refractivity contribution is -0.125. The number of nitrogens with zero attached hydrogens (tertiary/aromatic N) is 6.